The Balaban J connectivity index is 1.67. The van der Waals surface area contributed by atoms with Crippen LogP contribution >= 0.6 is 0 Å². The first-order valence-corrected chi connectivity index (χ1v) is 9.12. The zero-order valence-electron chi connectivity index (χ0n) is 15.5. The highest BCUT2D eigenvalue weighted by atomic mass is 19.1. The maximum Gasteiger partial charge on any atom is 0.234 e. The van der Waals surface area contributed by atoms with E-state index in [9.17, 15) is 13.6 Å². The van der Waals surface area contributed by atoms with E-state index in [1.807, 2.05) is 60.7 Å². The molecule has 3 nitrogen and oxygen atoms in total. The Kier molecular flexibility index (Phi) is 6.50. The van der Waals surface area contributed by atoms with Crippen molar-refractivity contribution in [1.29, 1.82) is 0 Å². The minimum Gasteiger partial charge on any atom is -0.348 e. The Morgan fingerprint density at radius 3 is 2.00 bits per heavy atom. The molecular formula is C23H22F2N2O. The van der Waals surface area contributed by atoms with Gasteiger partial charge < -0.3 is 5.32 Å². The number of carbonyl (C=O) groups is 1. The summed E-state index contributed by atoms with van der Waals surface area (Å²) in [6.45, 7) is 1.72. The average molecular weight is 380 g/mol. The number of nitrogens with one attached hydrogen (secondary N) is 2. The summed E-state index contributed by atoms with van der Waals surface area (Å²) >= 11 is 0. The van der Waals surface area contributed by atoms with Crippen molar-refractivity contribution in [2.75, 3.05) is 6.54 Å². The van der Waals surface area contributed by atoms with Gasteiger partial charge in [0.05, 0.1) is 18.6 Å². The topological polar surface area (TPSA) is 41.1 Å². The highest BCUT2D eigenvalue weighted by Crippen LogP contribution is 2.22. The number of rotatable bonds is 7. The van der Waals surface area contributed by atoms with Crippen LogP contribution in [0.15, 0.2) is 78.9 Å². The standard InChI is InChI=1S/C23H22F2N2O/c1-16(20-13-12-19(24)14-21(20)25)27-22(28)15-26-23(17-8-4-2-5-9-17)18-10-6-3-7-11-18/h2-14,16,23,26H,15H2,1H3,(H,27,28)/t16-/m1/s1. The lowest BCUT2D eigenvalue weighted by atomic mass is 9.99. The molecule has 3 rings (SSSR count). The van der Waals surface area contributed by atoms with E-state index in [4.69, 9.17) is 0 Å². The molecule has 0 heterocycles. The molecule has 0 spiro atoms. The van der Waals surface area contributed by atoms with Crippen molar-refractivity contribution in [3.63, 3.8) is 0 Å². The lowest BCUT2D eigenvalue weighted by Crippen LogP contribution is -2.37. The Bertz CT molecular complexity index is 877. The Morgan fingerprint density at radius 1 is 0.893 bits per heavy atom. The van der Waals surface area contributed by atoms with Crippen molar-refractivity contribution in [3.05, 3.63) is 107 Å². The number of hydrogen-bond acceptors (Lipinski definition) is 2. The zero-order chi connectivity index (χ0) is 19.9. The van der Waals surface area contributed by atoms with E-state index >= 15 is 0 Å². The summed E-state index contributed by atoms with van der Waals surface area (Å²) in [7, 11) is 0. The van der Waals surface area contributed by atoms with Gasteiger partial charge in [0.1, 0.15) is 11.6 Å². The molecule has 0 aliphatic rings. The first kappa shape index (κ1) is 19.7. The van der Waals surface area contributed by atoms with Crippen molar-refractivity contribution in [3.8, 4) is 0 Å². The van der Waals surface area contributed by atoms with Gasteiger partial charge in [-0.25, -0.2) is 8.78 Å². The van der Waals surface area contributed by atoms with Crippen molar-refractivity contribution >= 4 is 5.91 Å². The van der Waals surface area contributed by atoms with Crippen LogP contribution in [0.1, 0.15) is 35.7 Å². The third kappa shape index (κ3) is 5.02. The van der Waals surface area contributed by atoms with E-state index in [2.05, 4.69) is 10.6 Å². The summed E-state index contributed by atoms with van der Waals surface area (Å²) in [5.74, 6) is -1.59. The molecule has 0 aromatic heterocycles. The Hall–Kier alpha value is -3.05. The highest BCUT2D eigenvalue weighted by molar-refractivity contribution is 5.78. The van der Waals surface area contributed by atoms with Crippen LogP contribution in [0.4, 0.5) is 8.78 Å². The van der Waals surface area contributed by atoms with Crippen LogP contribution in [0.5, 0.6) is 0 Å². The summed E-state index contributed by atoms with van der Waals surface area (Å²) in [5, 5.41) is 6.02. The molecular weight excluding hydrogens is 358 g/mol. The molecule has 0 radical (unpaired) electrons. The second-order valence-electron chi connectivity index (χ2n) is 6.59. The number of halogens is 2. The molecule has 0 aliphatic heterocycles. The van der Waals surface area contributed by atoms with E-state index < -0.39 is 17.7 Å². The van der Waals surface area contributed by atoms with E-state index in [0.29, 0.717) is 0 Å². The number of benzene rings is 3. The number of hydrogen-bond donors (Lipinski definition) is 2. The monoisotopic (exact) mass is 380 g/mol. The van der Waals surface area contributed by atoms with Gasteiger partial charge in [-0.15, -0.1) is 0 Å². The molecule has 0 bridgehead atoms. The predicted molar refractivity (Wildman–Crippen MR) is 106 cm³/mol. The van der Waals surface area contributed by atoms with Gasteiger partial charge in [-0.1, -0.05) is 66.7 Å². The quantitative estimate of drug-likeness (QED) is 0.633. The van der Waals surface area contributed by atoms with Crippen molar-refractivity contribution < 1.29 is 13.6 Å². The van der Waals surface area contributed by atoms with E-state index in [1.165, 1.54) is 12.1 Å². The number of carbonyl (C=O) groups excluding carboxylic acids is 1. The molecule has 0 fully saturated rings. The highest BCUT2D eigenvalue weighted by Gasteiger charge is 2.17. The molecule has 0 unspecified atom stereocenters. The average Bonchev–Trinajstić information content (AvgIpc) is 2.69. The van der Waals surface area contributed by atoms with Crippen LogP contribution in [-0.2, 0) is 4.79 Å². The van der Waals surface area contributed by atoms with E-state index in [1.54, 1.807) is 6.92 Å². The first-order chi connectivity index (χ1) is 13.5. The van der Waals surface area contributed by atoms with Gasteiger partial charge in [0.25, 0.3) is 0 Å². The van der Waals surface area contributed by atoms with Gasteiger partial charge in [-0.3, -0.25) is 10.1 Å². The second-order valence-corrected chi connectivity index (χ2v) is 6.59. The molecule has 1 atom stereocenters. The maximum absolute atomic E-state index is 13.9. The molecule has 2 N–H and O–H groups in total. The molecule has 1 amide bonds. The van der Waals surface area contributed by atoms with Gasteiger partial charge in [0, 0.05) is 11.6 Å². The van der Waals surface area contributed by atoms with Crippen molar-refractivity contribution in [2.45, 2.75) is 19.0 Å². The van der Waals surface area contributed by atoms with Gasteiger partial charge >= 0.3 is 0 Å². The molecule has 0 saturated heterocycles. The molecule has 3 aromatic carbocycles. The van der Waals surface area contributed by atoms with Crippen molar-refractivity contribution in [1.82, 2.24) is 10.6 Å². The van der Waals surface area contributed by atoms with Crippen LogP contribution in [0.25, 0.3) is 0 Å². The first-order valence-electron chi connectivity index (χ1n) is 9.12. The van der Waals surface area contributed by atoms with Gasteiger partial charge in [-0.2, -0.15) is 0 Å². The van der Waals surface area contributed by atoms with E-state index in [0.717, 1.165) is 17.2 Å². The maximum atomic E-state index is 13.9. The van der Waals surface area contributed by atoms with Gasteiger partial charge in [0.2, 0.25) is 5.91 Å². The smallest absolute Gasteiger partial charge is 0.234 e. The largest absolute Gasteiger partial charge is 0.348 e. The minimum atomic E-state index is -0.674. The fourth-order valence-electron chi connectivity index (χ4n) is 3.14. The summed E-state index contributed by atoms with van der Waals surface area (Å²) in [5.41, 5.74) is 2.33. The van der Waals surface area contributed by atoms with Gasteiger partial charge in [0.15, 0.2) is 0 Å². The van der Waals surface area contributed by atoms with E-state index in [-0.39, 0.29) is 24.1 Å². The molecule has 28 heavy (non-hydrogen) atoms. The second kappa shape index (κ2) is 9.24. The summed E-state index contributed by atoms with van der Waals surface area (Å²) < 4.78 is 27.0. The fourth-order valence-corrected chi connectivity index (χ4v) is 3.14. The molecule has 0 aliphatic carbocycles. The van der Waals surface area contributed by atoms with Gasteiger partial charge in [-0.05, 0) is 24.1 Å². The summed E-state index contributed by atoms with van der Waals surface area (Å²) in [6, 6.07) is 22.3. The summed E-state index contributed by atoms with van der Waals surface area (Å²) in [6.07, 6.45) is 0. The van der Waals surface area contributed by atoms with Crippen LogP contribution in [0.3, 0.4) is 0 Å². The van der Waals surface area contributed by atoms with Crippen molar-refractivity contribution in [2.24, 2.45) is 0 Å². The zero-order valence-corrected chi connectivity index (χ0v) is 15.5. The minimum absolute atomic E-state index is 0.0572. The molecule has 5 heteroatoms. The lowest BCUT2D eigenvalue weighted by Gasteiger charge is -2.21. The normalized spacial score (nSPS) is 12.0. The third-order valence-corrected chi connectivity index (χ3v) is 4.54. The lowest BCUT2D eigenvalue weighted by molar-refractivity contribution is -0.121. The van der Waals surface area contributed by atoms with Crippen LogP contribution in [0.2, 0.25) is 0 Å². The summed E-state index contributed by atoms with van der Waals surface area (Å²) in [4.78, 5) is 12.4. The Labute approximate surface area is 163 Å². The SMILES string of the molecule is C[C@@H](NC(=O)CNC(c1ccccc1)c1ccccc1)c1ccc(F)cc1F. The fraction of sp³-hybridized carbons (Fsp3) is 0.174. The predicted octanol–water partition coefficient (Wildman–Crippen LogP) is 4.52. The molecule has 0 saturated carbocycles. The Morgan fingerprint density at radius 2 is 1.46 bits per heavy atom. The van der Waals surface area contributed by atoms with Crippen LogP contribution < -0.4 is 10.6 Å². The number of amides is 1. The third-order valence-electron chi connectivity index (χ3n) is 4.54. The molecule has 3 aromatic rings. The van der Waals surface area contributed by atoms with Crippen LogP contribution in [-0.4, -0.2) is 12.5 Å². The van der Waals surface area contributed by atoms with Crippen LogP contribution in [0, 0.1) is 11.6 Å². The molecule has 144 valence electrons.